The Bertz CT molecular complexity index is 699. The summed E-state index contributed by atoms with van der Waals surface area (Å²) in [5.74, 6) is 1.06. The van der Waals surface area contributed by atoms with Gasteiger partial charge in [-0.05, 0) is 63.7 Å². The molecule has 27 heavy (non-hydrogen) atoms. The van der Waals surface area contributed by atoms with Crippen molar-refractivity contribution in [1.29, 1.82) is 0 Å². The summed E-state index contributed by atoms with van der Waals surface area (Å²) >= 11 is 3.88. The second-order valence-electron chi connectivity index (χ2n) is 9.85. The molecule has 0 spiro atoms. The highest BCUT2D eigenvalue weighted by Gasteiger charge is 2.53. The number of likely N-dealkylation sites (N-methyl/N-ethyl adjacent to an activating group) is 2. The van der Waals surface area contributed by atoms with Crippen molar-refractivity contribution in [3.05, 3.63) is 22.2 Å². The Labute approximate surface area is 175 Å². The van der Waals surface area contributed by atoms with Crippen LogP contribution in [0.2, 0.25) is 16.6 Å². The summed E-state index contributed by atoms with van der Waals surface area (Å²) in [6.45, 7) is 17.7. The molecule has 2 aliphatic heterocycles. The van der Waals surface area contributed by atoms with Gasteiger partial charge < -0.3 is 9.33 Å². The van der Waals surface area contributed by atoms with Gasteiger partial charge in [0.15, 0.2) is 0 Å². The van der Waals surface area contributed by atoms with Crippen LogP contribution < -0.4 is 9.33 Å². The van der Waals surface area contributed by atoms with Gasteiger partial charge in [-0.2, -0.15) is 0 Å². The van der Waals surface area contributed by atoms with Gasteiger partial charge in [0.25, 0.3) is 8.32 Å². The molecule has 0 aromatic heterocycles. The number of hydrogen-bond donors (Lipinski definition) is 0. The van der Waals surface area contributed by atoms with Gasteiger partial charge in [0.05, 0.1) is 11.9 Å². The third-order valence-corrected chi connectivity index (χ3v) is 14.0. The predicted molar refractivity (Wildman–Crippen MR) is 123 cm³/mol. The van der Waals surface area contributed by atoms with E-state index in [-0.39, 0.29) is 5.41 Å². The fourth-order valence-electron chi connectivity index (χ4n) is 6.25. The van der Waals surface area contributed by atoms with Crippen LogP contribution in [0.1, 0.15) is 60.5 Å². The van der Waals surface area contributed by atoms with Crippen LogP contribution in [0.3, 0.4) is 0 Å². The molecule has 0 aliphatic carbocycles. The van der Waals surface area contributed by atoms with Gasteiger partial charge in [0.2, 0.25) is 0 Å². The number of likely N-dealkylation sites (tertiary alicyclic amines) is 1. The fraction of sp³-hybridized carbons (Fsp3) is 0.727. The Morgan fingerprint density at radius 1 is 1.07 bits per heavy atom. The third kappa shape index (κ3) is 2.99. The average molecular weight is 454 g/mol. The van der Waals surface area contributed by atoms with Crippen LogP contribution in [0, 0.1) is 0 Å². The van der Waals surface area contributed by atoms with Crippen molar-refractivity contribution in [2.45, 2.75) is 83.1 Å². The number of halogens is 1. The molecule has 1 aromatic carbocycles. The van der Waals surface area contributed by atoms with E-state index in [1.807, 2.05) is 0 Å². The van der Waals surface area contributed by atoms with Crippen LogP contribution in [0.4, 0.5) is 5.69 Å². The van der Waals surface area contributed by atoms with Gasteiger partial charge in [0.1, 0.15) is 5.75 Å². The van der Waals surface area contributed by atoms with Gasteiger partial charge in [-0.25, -0.2) is 0 Å². The summed E-state index contributed by atoms with van der Waals surface area (Å²) in [5.41, 5.74) is 4.68. The second kappa shape index (κ2) is 7.07. The zero-order valence-electron chi connectivity index (χ0n) is 18.6. The Balaban J connectivity index is 2.09. The lowest BCUT2D eigenvalue weighted by Crippen LogP contribution is -2.50. The average Bonchev–Trinajstić information content (AvgIpc) is 2.97. The molecule has 0 unspecified atom stereocenters. The lowest BCUT2D eigenvalue weighted by atomic mass is 9.81. The fourth-order valence-corrected chi connectivity index (χ4v) is 12.2. The molecular weight excluding hydrogens is 416 g/mol. The van der Waals surface area contributed by atoms with E-state index in [1.54, 1.807) is 0 Å². The molecule has 0 saturated carbocycles. The van der Waals surface area contributed by atoms with Gasteiger partial charge in [-0.3, -0.25) is 4.90 Å². The SMILES string of the molecule is CC(C)[Si](Oc1cc(Br)c2c(c1)[C@]1(C)CCN(C)[C@@H]1N2C)(C(C)C)C(C)C. The number of nitrogens with zero attached hydrogens (tertiary/aromatic N) is 2. The first-order chi connectivity index (χ1) is 12.5. The zero-order valence-corrected chi connectivity index (χ0v) is 21.1. The molecule has 0 N–H and O–H groups in total. The number of fused-ring (bicyclic) bond motifs is 3. The standard InChI is InChI=1S/C22H37BrN2OSi/c1-14(2)27(15(3)4,16(5)6)26-17-12-18-20(19(23)13-17)25(9)21-22(18,7)10-11-24(21)8/h12-16,21H,10-11H2,1-9H3/t21-,22+/m1/s1. The summed E-state index contributed by atoms with van der Waals surface area (Å²) in [6, 6.07) is 4.58. The van der Waals surface area contributed by atoms with Crippen molar-refractivity contribution in [1.82, 2.24) is 4.90 Å². The molecule has 2 heterocycles. The molecule has 3 rings (SSSR count). The molecule has 1 aromatic rings. The molecule has 152 valence electrons. The topological polar surface area (TPSA) is 15.7 Å². The highest BCUT2D eigenvalue weighted by Crippen LogP contribution is 2.55. The van der Waals surface area contributed by atoms with Crippen molar-refractivity contribution in [2.75, 3.05) is 25.5 Å². The van der Waals surface area contributed by atoms with Crippen LogP contribution in [0.15, 0.2) is 16.6 Å². The minimum atomic E-state index is -1.96. The smallest absolute Gasteiger partial charge is 0.258 e. The molecule has 3 nitrogen and oxygen atoms in total. The Morgan fingerprint density at radius 3 is 2.15 bits per heavy atom. The van der Waals surface area contributed by atoms with Gasteiger partial charge in [-0.15, -0.1) is 0 Å². The van der Waals surface area contributed by atoms with Crippen LogP contribution >= 0.6 is 15.9 Å². The maximum Gasteiger partial charge on any atom is 0.258 e. The number of rotatable bonds is 5. The Kier molecular flexibility index (Phi) is 5.55. The summed E-state index contributed by atoms with van der Waals surface area (Å²) in [4.78, 5) is 4.94. The van der Waals surface area contributed by atoms with Crippen LogP contribution in [0.25, 0.3) is 0 Å². The van der Waals surface area contributed by atoms with E-state index < -0.39 is 8.32 Å². The first-order valence-electron chi connectivity index (χ1n) is 10.4. The van der Waals surface area contributed by atoms with Crippen LogP contribution in [-0.4, -0.2) is 40.0 Å². The van der Waals surface area contributed by atoms with Gasteiger partial charge >= 0.3 is 0 Å². The first kappa shape index (κ1) is 21.2. The molecular formula is C22H37BrN2OSi. The molecule has 0 radical (unpaired) electrons. The van der Waals surface area contributed by atoms with E-state index in [0.29, 0.717) is 22.8 Å². The van der Waals surface area contributed by atoms with E-state index in [2.05, 4.69) is 100 Å². The van der Waals surface area contributed by atoms with E-state index in [0.717, 1.165) is 12.3 Å². The molecule has 2 atom stereocenters. The highest BCUT2D eigenvalue weighted by molar-refractivity contribution is 9.10. The van der Waals surface area contributed by atoms with E-state index in [1.165, 1.54) is 22.1 Å². The summed E-state index contributed by atoms with van der Waals surface area (Å²) in [5, 5.41) is 0. The molecule has 1 fully saturated rings. The van der Waals surface area contributed by atoms with Gasteiger partial charge in [0, 0.05) is 23.5 Å². The largest absolute Gasteiger partial charge is 0.543 e. The summed E-state index contributed by atoms with van der Waals surface area (Å²) in [7, 11) is 2.52. The van der Waals surface area contributed by atoms with Crippen molar-refractivity contribution in [3.63, 3.8) is 0 Å². The molecule has 0 bridgehead atoms. The molecule has 2 aliphatic rings. The minimum Gasteiger partial charge on any atom is -0.543 e. The Hall–Kier alpha value is -0.523. The lowest BCUT2D eigenvalue weighted by Gasteiger charge is -2.42. The lowest BCUT2D eigenvalue weighted by molar-refractivity contribution is 0.268. The van der Waals surface area contributed by atoms with Crippen molar-refractivity contribution < 1.29 is 4.43 Å². The minimum absolute atomic E-state index is 0.165. The number of anilines is 1. The van der Waals surface area contributed by atoms with Crippen molar-refractivity contribution in [2.24, 2.45) is 0 Å². The first-order valence-corrected chi connectivity index (χ1v) is 13.4. The third-order valence-electron chi connectivity index (χ3n) is 7.34. The molecule has 1 saturated heterocycles. The number of benzene rings is 1. The van der Waals surface area contributed by atoms with E-state index >= 15 is 0 Å². The van der Waals surface area contributed by atoms with E-state index in [4.69, 9.17) is 4.43 Å². The Morgan fingerprint density at radius 2 is 1.63 bits per heavy atom. The monoisotopic (exact) mass is 452 g/mol. The molecule has 5 heteroatoms. The zero-order chi connectivity index (χ0) is 20.3. The van der Waals surface area contributed by atoms with Crippen molar-refractivity contribution >= 4 is 29.9 Å². The molecule has 0 amide bonds. The van der Waals surface area contributed by atoms with Crippen molar-refractivity contribution in [3.8, 4) is 5.75 Å². The maximum absolute atomic E-state index is 7.02. The normalized spacial score (nSPS) is 25.7. The van der Waals surface area contributed by atoms with Crippen LogP contribution in [-0.2, 0) is 5.41 Å². The number of hydrogen-bond acceptors (Lipinski definition) is 3. The highest BCUT2D eigenvalue weighted by atomic mass is 79.9. The maximum atomic E-state index is 7.02. The second-order valence-corrected chi connectivity index (χ2v) is 16.1. The summed E-state index contributed by atoms with van der Waals surface area (Å²) < 4.78 is 8.19. The van der Waals surface area contributed by atoms with Gasteiger partial charge in [-0.1, -0.05) is 48.5 Å². The summed E-state index contributed by atoms with van der Waals surface area (Å²) in [6.07, 6.45) is 1.63. The van der Waals surface area contributed by atoms with E-state index in [9.17, 15) is 0 Å². The quantitative estimate of drug-likeness (QED) is 0.482. The van der Waals surface area contributed by atoms with Crippen LogP contribution in [0.5, 0.6) is 5.75 Å². The predicted octanol–water partition coefficient (Wildman–Crippen LogP) is 6.37.